The van der Waals surface area contributed by atoms with Gasteiger partial charge in [-0.2, -0.15) is 0 Å². The maximum absolute atomic E-state index is 11.1. The summed E-state index contributed by atoms with van der Waals surface area (Å²) in [7, 11) is 0. The van der Waals surface area contributed by atoms with E-state index in [4.69, 9.17) is 5.21 Å². The van der Waals surface area contributed by atoms with Crippen LogP contribution in [-0.4, -0.2) is 27.7 Å². The number of hydroxylamine groups is 1. The standard InChI is InChI=1S/C18H23N5O2/c1-11(2)18(16-9-13-5-4-12(3)8-15(13)19-16)23-10-14(20-22-23)6-7-17(24)21-25/h4-6,8-9,11,18-19,25H,7,10H2,1-3H3,(H,21,24)/b14-6-. The van der Waals surface area contributed by atoms with Crippen LogP contribution in [0, 0.1) is 12.8 Å². The van der Waals surface area contributed by atoms with Crippen molar-refractivity contribution < 1.29 is 10.0 Å². The van der Waals surface area contributed by atoms with Crippen molar-refractivity contribution in [3.63, 3.8) is 0 Å². The summed E-state index contributed by atoms with van der Waals surface area (Å²) in [6, 6.07) is 8.59. The summed E-state index contributed by atoms with van der Waals surface area (Å²) in [4.78, 5) is 14.7. The number of aromatic amines is 1. The van der Waals surface area contributed by atoms with E-state index in [-0.39, 0.29) is 12.5 Å². The number of amides is 1. The number of aromatic nitrogens is 1. The maximum atomic E-state index is 11.1. The molecule has 2 aromatic rings. The van der Waals surface area contributed by atoms with Crippen molar-refractivity contribution in [3.8, 4) is 0 Å². The first-order valence-corrected chi connectivity index (χ1v) is 8.37. The highest BCUT2D eigenvalue weighted by molar-refractivity contribution is 5.81. The SMILES string of the molecule is Cc1ccc2cc(C(C(C)C)N3C/C(=C/CC(=O)NO)N=N3)[nH]c2c1. The fraction of sp³-hybridized carbons (Fsp3) is 0.389. The largest absolute Gasteiger partial charge is 0.357 e. The number of hydrogen-bond donors (Lipinski definition) is 3. The summed E-state index contributed by atoms with van der Waals surface area (Å²) in [5, 5.41) is 20.1. The molecule has 7 nitrogen and oxygen atoms in total. The molecule has 1 unspecified atom stereocenters. The summed E-state index contributed by atoms with van der Waals surface area (Å²) < 4.78 is 0. The molecule has 3 N–H and O–H groups in total. The van der Waals surface area contributed by atoms with Crippen LogP contribution in [-0.2, 0) is 4.79 Å². The van der Waals surface area contributed by atoms with Crippen molar-refractivity contribution >= 4 is 16.8 Å². The van der Waals surface area contributed by atoms with Gasteiger partial charge in [0, 0.05) is 17.6 Å². The Morgan fingerprint density at radius 2 is 2.24 bits per heavy atom. The zero-order chi connectivity index (χ0) is 18.0. The van der Waals surface area contributed by atoms with Gasteiger partial charge in [-0.05, 0) is 42.0 Å². The highest BCUT2D eigenvalue weighted by atomic mass is 16.5. The molecule has 1 amide bonds. The molecule has 1 aliphatic rings. The van der Waals surface area contributed by atoms with E-state index in [9.17, 15) is 4.79 Å². The Labute approximate surface area is 146 Å². The molecule has 0 spiro atoms. The van der Waals surface area contributed by atoms with Gasteiger partial charge in [-0.15, -0.1) is 5.11 Å². The van der Waals surface area contributed by atoms with E-state index in [2.05, 4.69) is 60.4 Å². The second-order valence-corrected chi connectivity index (χ2v) is 6.73. The van der Waals surface area contributed by atoms with Gasteiger partial charge in [-0.25, -0.2) is 5.48 Å². The molecule has 2 heterocycles. The van der Waals surface area contributed by atoms with Gasteiger partial charge >= 0.3 is 0 Å². The van der Waals surface area contributed by atoms with E-state index in [0.29, 0.717) is 12.5 Å². The Bertz CT molecular complexity index is 837. The average Bonchev–Trinajstić information content (AvgIpc) is 3.19. The molecule has 1 atom stereocenters. The lowest BCUT2D eigenvalue weighted by molar-refractivity contribution is -0.128. The third kappa shape index (κ3) is 3.71. The molecule has 0 bridgehead atoms. The van der Waals surface area contributed by atoms with Gasteiger partial charge in [-0.3, -0.25) is 15.0 Å². The Hall–Kier alpha value is -2.67. The number of H-pyrrole nitrogens is 1. The molecule has 25 heavy (non-hydrogen) atoms. The van der Waals surface area contributed by atoms with Crippen molar-refractivity contribution in [2.24, 2.45) is 16.3 Å². The highest BCUT2D eigenvalue weighted by Gasteiger charge is 2.28. The summed E-state index contributed by atoms with van der Waals surface area (Å²) in [6.07, 6.45) is 1.76. The van der Waals surface area contributed by atoms with Gasteiger partial charge in [0.15, 0.2) is 0 Å². The molecule has 0 aliphatic carbocycles. The van der Waals surface area contributed by atoms with Crippen LogP contribution in [0.2, 0.25) is 0 Å². The summed E-state index contributed by atoms with van der Waals surface area (Å²) in [5.74, 6) is -0.138. The molecule has 1 aromatic carbocycles. The quantitative estimate of drug-likeness (QED) is 0.572. The Morgan fingerprint density at radius 3 is 2.96 bits per heavy atom. The van der Waals surface area contributed by atoms with Gasteiger partial charge in [0.1, 0.15) is 0 Å². The van der Waals surface area contributed by atoms with Crippen LogP contribution in [0.15, 0.2) is 46.4 Å². The minimum absolute atomic E-state index is 0.0639. The van der Waals surface area contributed by atoms with Crippen LogP contribution in [0.3, 0.4) is 0 Å². The Morgan fingerprint density at radius 1 is 1.44 bits per heavy atom. The monoisotopic (exact) mass is 341 g/mol. The fourth-order valence-corrected chi connectivity index (χ4v) is 3.15. The van der Waals surface area contributed by atoms with Crippen LogP contribution in [0.5, 0.6) is 0 Å². The number of rotatable bonds is 5. The average molecular weight is 341 g/mol. The topological polar surface area (TPSA) is 93.1 Å². The summed E-state index contributed by atoms with van der Waals surface area (Å²) >= 11 is 0. The lowest BCUT2D eigenvalue weighted by Crippen LogP contribution is -2.26. The van der Waals surface area contributed by atoms with Crippen molar-refractivity contribution in [2.45, 2.75) is 33.2 Å². The van der Waals surface area contributed by atoms with Gasteiger partial charge < -0.3 is 4.98 Å². The zero-order valence-corrected chi connectivity index (χ0v) is 14.7. The van der Waals surface area contributed by atoms with Gasteiger partial charge in [0.2, 0.25) is 5.91 Å². The summed E-state index contributed by atoms with van der Waals surface area (Å²) in [5.41, 5.74) is 5.77. The number of nitrogens with zero attached hydrogens (tertiary/aromatic N) is 3. The van der Waals surface area contributed by atoms with Gasteiger partial charge in [0.05, 0.1) is 18.3 Å². The first kappa shape index (κ1) is 17.2. The molecule has 0 saturated carbocycles. The molecule has 132 valence electrons. The van der Waals surface area contributed by atoms with Crippen molar-refractivity contribution in [2.75, 3.05) is 6.54 Å². The van der Waals surface area contributed by atoms with E-state index in [0.717, 1.165) is 16.9 Å². The van der Waals surface area contributed by atoms with Crippen LogP contribution in [0.4, 0.5) is 0 Å². The van der Waals surface area contributed by atoms with Gasteiger partial charge in [-0.1, -0.05) is 31.2 Å². The Kier molecular flexibility index (Phi) is 4.85. The number of hydrogen-bond acceptors (Lipinski definition) is 5. The minimum atomic E-state index is -0.465. The highest BCUT2D eigenvalue weighted by Crippen LogP contribution is 2.34. The van der Waals surface area contributed by atoms with E-state index >= 15 is 0 Å². The molecule has 1 aliphatic heterocycles. The number of benzene rings is 1. The molecule has 7 heteroatoms. The molecular formula is C18H23N5O2. The number of aryl methyl sites for hydroxylation is 1. The van der Waals surface area contributed by atoms with Crippen molar-refractivity contribution in [1.29, 1.82) is 0 Å². The van der Waals surface area contributed by atoms with E-state index in [1.807, 2.05) is 5.01 Å². The van der Waals surface area contributed by atoms with Crippen molar-refractivity contribution in [3.05, 3.63) is 47.3 Å². The normalized spacial score (nSPS) is 17.0. The third-order valence-corrected chi connectivity index (χ3v) is 4.33. The second kappa shape index (κ2) is 7.06. The van der Waals surface area contributed by atoms with Crippen LogP contribution < -0.4 is 5.48 Å². The van der Waals surface area contributed by atoms with Crippen molar-refractivity contribution in [1.82, 2.24) is 15.5 Å². The first-order valence-electron chi connectivity index (χ1n) is 8.37. The van der Waals surface area contributed by atoms with E-state index < -0.39 is 5.91 Å². The molecule has 3 rings (SSSR count). The minimum Gasteiger partial charge on any atom is -0.357 e. The van der Waals surface area contributed by atoms with Gasteiger partial charge in [0.25, 0.3) is 0 Å². The number of nitrogens with one attached hydrogen (secondary N) is 2. The summed E-state index contributed by atoms with van der Waals surface area (Å²) in [6.45, 7) is 6.92. The first-order chi connectivity index (χ1) is 12.0. The maximum Gasteiger partial charge on any atom is 0.247 e. The lowest BCUT2D eigenvalue weighted by Gasteiger charge is -2.27. The predicted molar refractivity (Wildman–Crippen MR) is 94.8 cm³/mol. The number of carbonyl (C=O) groups is 1. The molecule has 0 radical (unpaired) electrons. The van der Waals surface area contributed by atoms with Crippen LogP contribution in [0.25, 0.3) is 10.9 Å². The third-order valence-electron chi connectivity index (χ3n) is 4.33. The molecule has 1 aromatic heterocycles. The lowest BCUT2D eigenvalue weighted by atomic mass is 10.00. The second-order valence-electron chi connectivity index (χ2n) is 6.73. The molecular weight excluding hydrogens is 318 g/mol. The fourth-order valence-electron chi connectivity index (χ4n) is 3.15. The van der Waals surface area contributed by atoms with Crippen LogP contribution >= 0.6 is 0 Å². The zero-order valence-electron chi connectivity index (χ0n) is 14.7. The Balaban J connectivity index is 1.82. The molecule has 0 saturated heterocycles. The number of fused-ring (bicyclic) bond motifs is 1. The van der Waals surface area contributed by atoms with E-state index in [1.54, 1.807) is 11.6 Å². The number of carbonyl (C=O) groups excluding carboxylic acids is 1. The van der Waals surface area contributed by atoms with E-state index in [1.165, 1.54) is 10.9 Å². The molecule has 0 fully saturated rings. The predicted octanol–water partition coefficient (Wildman–Crippen LogP) is 3.64. The van der Waals surface area contributed by atoms with Crippen LogP contribution in [0.1, 0.15) is 37.6 Å². The smallest absolute Gasteiger partial charge is 0.247 e.